The Hall–Kier alpha value is -3.13. The van der Waals surface area contributed by atoms with Crippen molar-refractivity contribution in [1.29, 1.82) is 0 Å². The van der Waals surface area contributed by atoms with Crippen LogP contribution in [0.3, 0.4) is 0 Å². The van der Waals surface area contributed by atoms with Gasteiger partial charge in [-0.1, -0.05) is 24.3 Å². The molecule has 3 rings (SSSR count). The third kappa shape index (κ3) is 5.18. The van der Waals surface area contributed by atoms with E-state index in [0.717, 1.165) is 4.88 Å². The quantitative estimate of drug-likeness (QED) is 0.611. The second-order valence-electron chi connectivity index (χ2n) is 5.16. The van der Waals surface area contributed by atoms with E-state index < -0.39 is 11.9 Å². The number of amides is 1. The highest BCUT2D eigenvalue weighted by atomic mass is 32.1. The Balaban J connectivity index is 1.36. The average Bonchev–Trinajstić information content (AvgIpc) is 3.35. The lowest BCUT2D eigenvalue weighted by Crippen LogP contribution is -2.34. The standard InChI is InChI=1S/C18H16N2O5S/c21-16(12-23-14-5-2-1-3-6-14)19-9-17(22)24-10-13-11-25-18(20-13)15-7-4-8-26-15/h1-8,11H,9-10,12H2,(H,19,21). The number of benzene rings is 1. The van der Waals surface area contributed by atoms with E-state index in [1.54, 1.807) is 24.3 Å². The van der Waals surface area contributed by atoms with Gasteiger partial charge in [-0.05, 0) is 23.6 Å². The molecule has 0 bridgehead atoms. The van der Waals surface area contributed by atoms with Gasteiger partial charge < -0.3 is 19.2 Å². The summed E-state index contributed by atoms with van der Waals surface area (Å²) in [7, 11) is 0. The molecule has 0 aliphatic heterocycles. The zero-order valence-electron chi connectivity index (χ0n) is 13.7. The number of rotatable bonds is 8. The molecule has 0 fully saturated rings. The van der Waals surface area contributed by atoms with Crippen molar-refractivity contribution in [3.63, 3.8) is 0 Å². The molecule has 0 spiro atoms. The van der Waals surface area contributed by atoms with Crippen LogP contribution >= 0.6 is 11.3 Å². The monoisotopic (exact) mass is 372 g/mol. The van der Waals surface area contributed by atoms with E-state index in [1.807, 2.05) is 23.6 Å². The van der Waals surface area contributed by atoms with Gasteiger partial charge in [0.15, 0.2) is 6.61 Å². The van der Waals surface area contributed by atoms with Crippen LogP contribution in [0, 0.1) is 0 Å². The van der Waals surface area contributed by atoms with E-state index in [1.165, 1.54) is 17.6 Å². The van der Waals surface area contributed by atoms with Crippen molar-refractivity contribution in [3.05, 3.63) is 59.8 Å². The summed E-state index contributed by atoms with van der Waals surface area (Å²) in [6.45, 7) is -0.443. The van der Waals surface area contributed by atoms with E-state index in [9.17, 15) is 9.59 Å². The molecule has 8 heteroatoms. The molecule has 0 aliphatic rings. The number of thiophene rings is 1. The van der Waals surface area contributed by atoms with Crippen LogP contribution in [0.1, 0.15) is 5.69 Å². The summed E-state index contributed by atoms with van der Waals surface area (Å²) in [6, 6.07) is 12.7. The lowest BCUT2D eigenvalue weighted by molar-refractivity contribution is -0.145. The second-order valence-corrected chi connectivity index (χ2v) is 6.11. The van der Waals surface area contributed by atoms with Gasteiger partial charge in [-0.25, -0.2) is 4.98 Å². The highest BCUT2D eigenvalue weighted by Crippen LogP contribution is 2.23. The fourth-order valence-corrected chi connectivity index (χ4v) is 2.63. The first-order valence-electron chi connectivity index (χ1n) is 7.79. The maximum Gasteiger partial charge on any atom is 0.325 e. The highest BCUT2D eigenvalue weighted by molar-refractivity contribution is 7.13. The molecule has 2 aromatic heterocycles. The molecule has 0 unspecified atom stereocenters. The third-order valence-electron chi connectivity index (χ3n) is 3.21. The number of hydrogen-bond acceptors (Lipinski definition) is 7. The van der Waals surface area contributed by atoms with Gasteiger partial charge in [-0.3, -0.25) is 9.59 Å². The van der Waals surface area contributed by atoms with Crippen molar-refractivity contribution in [2.45, 2.75) is 6.61 Å². The Morgan fingerprint density at radius 2 is 2.00 bits per heavy atom. The van der Waals surface area contributed by atoms with Gasteiger partial charge in [-0.2, -0.15) is 0 Å². The number of nitrogens with one attached hydrogen (secondary N) is 1. The normalized spacial score (nSPS) is 10.3. The van der Waals surface area contributed by atoms with Gasteiger partial charge in [0.05, 0.1) is 4.88 Å². The fourth-order valence-electron chi connectivity index (χ4n) is 1.98. The van der Waals surface area contributed by atoms with Crippen LogP contribution in [0.2, 0.25) is 0 Å². The number of hydrogen-bond donors (Lipinski definition) is 1. The summed E-state index contributed by atoms with van der Waals surface area (Å²) in [5.41, 5.74) is 0.500. The molecule has 0 aliphatic carbocycles. The molecule has 0 radical (unpaired) electrons. The zero-order chi connectivity index (χ0) is 18.2. The number of carbonyl (C=O) groups excluding carboxylic acids is 2. The topological polar surface area (TPSA) is 90.7 Å². The number of oxazole rings is 1. The summed E-state index contributed by atoms with van der Waals surface area (Å²) in [6.07, 6.45) is 1.44. The van der Waals surface area contributed by atoms with Gasteiger partial charge in [0.2, 0.25) is 5.89 Å². The van der Waals surface area contributed by atoms with Gasteiger partial charge in [0, 0.05) is 0 Å². The SMILES string of the molecule is O=C(COc1ccccc1)NCC(=O)OCc1coc(-c2cccs2)n1. The maximum atomic E-state index is 11.7. The summed E-state index contributed by atoms with van der Waals surface area (Å²) in [5, 5.41) is 4.36. The van der Waals surface area contributed by atoms with Crippen LogP contribution in [-0.4, -0.2) is 30.0 Å². The van der Waals surface area contributed by atoms with E-state index in [4.69, 9.17) is 13.9 Å². The first-order chi connectivity index (χ1) is 12.7. The average molecular weight is 372 g/mol. The highest BCUT2D eigenvalue weighted by Gasteiger charge is 2.11. The largest absolute Gasteiger partial charge is 0.484 e. The molecule has 3 aromatic rings. The Kier molecular flexibility index (Phi) is 6.00. The third-order valence-corrected chi connectivity index (χ3v) is 4.07. The number of esters is 1. The van der Waals surface area contributed by atoms with Crippen molar-refractivity contribution in [2.24, 2.45) is 0 Å². The molecule has 0 atom stereocenters. The molecule has 1 N–H and O–H groups in total. The van der Waals surface area contributed by atoms with Crippen LogP contribution in [0.5, 0.6) is 5.75 Å². The molecule has 26 heavy (non-hydrogen) atoms. The van der Waals surface area contributed by atoms with E-state index in [0.29, 0.717) is 17.3 Å². The molecule has 2 heterocycles. The molecule has 1 amide bonds. The zero-order valence-corrected chi connectivity index (χ0v) is 14.5. The van der Waals surface area contributed by atoms with Crippen LogP contribution in [0.4, 0.5) is 0 Å². The Morgan fingerprint density at radius 1 is 1.15 bits per heavy atom. The van der Waals surface area contributed by atoms with Crippen molar-refractivity contribution in [3.8, 4) is 16.5 Å². The predicted molar refractivity (Wildman–Crippen MR) is 94.6 cm³/mol. The number of ether oxygens (including phenoxy) is 2. The van der Waals surface area contributed by atoms with Crippen molar-refractivity contribution >= 4 is 23.2 Å². The number of nitrogens with zero attached hydrogens (tertiary/aromatic N) is 1. The first kappa shape index (κ1) is 17.7. The van der Waals surface area contributed by atoms with Gasteiger partial charge in [0.25, 0.3) is 5.91 Å². The second kappa shape index (κ2) is 8.82. The Labute approximate surface area is 153 Å². The fraction of sp³-hybridized carbons (Fsp3) is 0.167. The van der Waals surface area contributed by atoms with Crippen molar-refractivity contribution in [2.75, 3.05) is 13.2 Å². The Morgan fingerprint density at radius 3 is 2.77 bits per heavy atom. The van der Waals surface area contributed by atoms with Crippen LogP contribution in [0.15, 0.2) is 58.5 Å². The minimum atomic E-state index is -0.571. The van der Waals surface area contributed by atoms with Crippen LogP contribution in [0.25, 0.3) is 10.8 Å². The minimum absolute atomic E-state index is 0.0237. The lowest BCUT2D eigenvalue weighted by atomic mass is 10.3. The number of para-hydroxylation sites is 1. The van der Waals surface area contributed by atoms with Gasteiger partial charge in [-0.15, -0.1) is 11.3 Å². The lowest BCUT2D eigenvalue weighted by Gasteiger charge is -2.07. The van der Waals surface area contributed by atoms with Crippen LogP contribution < -0.4 is 10.1 Å². The Bertz CT molecular complexity index is 846. The van der Waals surface area contributed by atoms with Gasteiger partial charge in [0.1, 0.15) is 30.9 Å². The van der Waals surface area contributed by atoms with Crippen molar-refractivity contribution in [1.82, 2.24) is 10.3 Å². The minimum Gasteiger partial charge on any atom is -0.484 e. The summed E-state index contributed by atoms with van der Waals surface area (Å²) < 4.78 is 15.7. The van der Waals surface area contributed by atoms with Gasteiger partial charge >= 0.3 is 5.97 Å². The molecular weight excluding hydrogens is 356 g/mol. The first-order valence-corrected chi connectivity index (χ1v) is 8.67. The number of carbonyl (C=O) groups is 2. The molecular formula is C18H16N2O5S. The summed E-state index contributed by atoms with van der Waals surface area (Å²) in [4.78, 5) is 28.5. The van der Waals surface area contributed by atoms with E-state index in [-0.39, 0.29) is 19.8 Å². The molecule has 0 saturated carbocycles. The molecule has 134 valence electrons. The maximum absolute atomic E-state index is 11.7. The predicted octanol–water partition coefficient (Wildman–Crippen LogP) is 2.64. The van der Waals surface area contributed by atoms with E-state index >= 15 is 0 Å². The molecule has 0 saturated heterocycles. The molecule has 1 aromatic carbocycles. The van der Waals surface area contributed by atoms with E-state index in [2.05, 4.69) is 10.3 Å². The van der Waals surface area contributed by atoms with Crippen LogP contribution in [-0.2, 0) is 20.9 Å². The smallest absolute Gasteiger partial charge is 0.325 e. The summed E-state index contributed by atoms with van der Waals surface area (Å²) >= 11 is 1.50. The molecule has 7 nitrogen and oxygen atoms in total. The number of aromatic nitrogens is 1. The van der Waals surface area contributed by atoms with Crippen molar-refractivity contribution < 1.29 is 23.5 Å². The summed E-state index contributed by atoms with van der Waals surface area (Å²) in [5.74, 6) is 0.0844.